The van der Waals surface area contributed by atoms with Crippen LogP contribution in [0.1, 0.15) is 11.4 Å². The molecule has 0 bridgehead atoms. The van der Waals surface area contributed by atoms with Crippen LogP contribution in [-0.2, 0) is 0 Å². The summed E-state index contributed by atoms with van der Waals surface area (Å²) < 4.78 is 0. The molecule has 0 radical (unpaired) electrons. The molecule has 0 amide bonds. The third kappa shape index (κ3) is 2.42. The predicted molar refractivity (Wildman–Crippen MR) is 79.3 cm³/mol. The SMILES string of the molecule is N#C/C(=C\c1ccc(O)cc1O)c1nc2ccccc2[nH]1. The Morgan fingerprint density at radius 2 is 2.00 bits per heavy atom. The standard InChI is InChI=1S/C16H11N3O2/c17-9-11(7-10-5-6-12(20)8-15(10)21)16-18-13-3-1-2-4-14(13)19-16/h1-8,20-21H,(H,18,19)/b11-7+. The van der Waals surface area contributed by atoms with Gasteiger partial charge in [0.15, 0.2) is 0 Å². The van der Waals surface area contributed by atoms with Crippen LogP contribution in [0.2, 0.25) is 0 Å². The first-order chi connectivity index (χ1) is 10.2. The Bertz CT molecular complexity index is 855. The fraction of sp³-hybridized carbons (Fsp3) is 0. The van der Waals surface area contributed by atoms with E-state index >= 15 is 0 Å². The van der Waals surface area contributed by atoms with Crippen molar-refractivity contribution in [3.8, 4) is 17.6 Å². The first kappa shape index (κ1) is 12.8. The van der Waals surface area contributed by atoms with Crippen molar-refractivity contribution in [2.45, 2.75) is 0 Å². The van der Waals surface area contributed by atoms with Crippen LogP contribution >= 0.6 is 0 Å². The van der Waals surface area contributed by atoms with Gasteiger partial charge in [0, 0.05) is 11.6 Å². The number of hydrogen-bond acceptors (Lipinski definition) is 4. The molecule has 21 heavy (non-hydrogen) atoms. The van der Waals surface area contributed by atoms with Gasteiger partial charge < -0.3 is 15.2 Å². The summed E-state index contributed by atoms with van der Waals surface area (Å²) >= 11 is 0. The molecule has 0 atom stereocenters. The minimum Gasteiger partial charge on any atom is -0.508 e. The zero-order valence-corrected chi connectivity index (χ0v) is 10.9. The van der Waals surface area contributed by atoms with Crippen LogP contribution in [0.3, 0.4) is 0 Å². The molecule has 5 nitrogen and oxygen atoms in total. The van der Waals surface area contributed by atoms with Gasteiger partial charge in [0.05, 0.1) is 16.6 Å². The number of rotatable bonds is 2. The molecule has 0 aliphatic carbocycles. The van der Waals surface area contributed by atoms with Crippen LogP contribution in [0.15, 0.2) is 42.5 Å². The lowest BCUT2D eigenvalue weighted by molar-refractivity contribution is 0.450. The molecule has 5 heteroatoms. The maximum atomic E-state index is 9.78. The number of aromatic hydroxyl groups is 2. The number of nitriles is 1. The number of nitrogens with one attached hydrogen (secondary N) is 1. The summed E-state index contributed by atoms with van der Waals surface area (Å²) in [4.78, 5) is 7.41. The molecule has 1 aromatic heterocycles. The highest BCUT2D eigenvalue weighted by Gasteiger charge is 2.09. The maximum absolute atomic E-state index is 9.78. The van der Waals surface area contributed by atoms with E-state index in [1.807, 2.05) is 24.3 Å². The normalized spacial score (nSPS) is 11.5. The van der Waals surface area contributed by atoms with E-state index in [1.54, 1.807) is 0 Å². The molecule has 0 unspecified atom stereocenters. The number of aromatic nitrogens is 2. The maximum Gasteiger partial charge on any atom is 0.149 e. The molecule has 3 N–H and O–H groups in total. The van der Waals surface area contributed by atoms with Crippen molar-refractivity contribution in [2.24, 2.45) is 0 Å². The van der Waals surface area contributed by atoms with E-state index in [0.717, 1.165) is 11.0 Å². The smallest absolute Gasteiger partial charge is 0.149 e. The molecule has 3 aromatic rings. The molecule has 0 fully saturated rings. The van der Waals surface area contributed by atoms with Gasteiger partial charge in [-0.3, -0.25) is 0 Å². The highest BCUT2D eigenvalue weighted by atomic mass is 16.3. The molecule has 0 saturated heterocycles. The van der Waals surface area contributed by atoms with E-state index in [9.17, 15) is 15.5 Å². The second kappa shape index (κ2) is 5.02. The number of phenolic OH excluding ortho intramolecular Hbond substituents is 2. The van der Waals surface area contributed by atoms with Crippen LogP contribution < -0.4 is 0 Å². The van der Waals surface area contributed by atoms with E-state index in [0.29, 0.717) is 17.0 Å². The number of benzene rings is 2. The summed E-state index contributed by atoms with van der Waals surface area (Å²) in [5, 5.41) is 28.4. The van der Waals surface area contributed by atoms with Crippen LogP contribution in [0.4, 0.5) is 0 Å². The molecular weight excluding hydrogens is 266 g/mol. The van der Waals surface area contributed by atoms with Gasteiger partial charge in [-0.2, -0.15) is 5.26 Å². The fourth-order valence-corrected chi connectivity index (χ4v) is 2.04. The third-order valence-electron chi connectivity index (χ3n) is 3.08. The third-order valence-corrected chi connectivity index (χ3v) is 3.08. The molecule has 0 spiro atoms. The van der Waals surface area contributed by atoms with Gasteiger partial charge in [0.25, 0.3) is 0 Å². The number of phenols is 2. The highest BCUT2D eigenvalue weighted by molar-refractivity contribution is 5.91. The lowest BCUT2D eigenvalue weighted by atomic mass is 10.1. The summed E-state index contributed by atoms with van der Waals surface area (Å²) in [6.45, 7) is 0. The van der Waals surface area contributed by atoms with Crippen molar-refractivity contribution in [3.05, 3.63) is 53.9 Å². The summed E-state index contributed by atoms with van der Waals surface area (Å²) in [6, 6.07) is 13.7. The van der Waals surface area contributed by atoms with E-state index in [4.69, 9.17) is 0 Å². The molecule has 102 valence electrons. The van der Waals surface area contributed by atoms with Crippen molar-refractivity contribution in [2.75, 3.05) is 0 Å². The van der Waals surface area contributed by atoms with Gasteiger partial charge >= 0.3 is 0 Å². The van der Waals surface area contributed by atoms with Crippen LogP contribution in [0, 0.1) is 11.3 Å². The second-order valence-corrected chi connectivity index (χ2v) is 4.52. The average molecular weight is 277 g/mol. The monoisotopic (exact) mass is 277 g/mol. The zero-order valence-electron chi connectivity index (χ0n) is 10.9. The lowest BCUT2D eigenvalue weighted by Crippen LogP contribution is -1.85. The first-order valence-electron chi connectivity index (χ1n) is 6.26. The summed E-state index contributed by atoms with van der Waals surface area (Å²) in [6.07, 6.45) is 1.52. The average Bonchev–Trinajstić information content (AvgIpc) is 2.90. The fourth-order valence-electron chi connectivity index (χ4n) is 2.04. The number of para-hydroxylation sites is 2. The molecule has 0 aliphatic heterocycles. The zero-order chi connectivity index (χ0) is 14.8. The Kier molecular flexibility index (Phi) is 3.05. The van der Waals surface area contributed by atoms with E-state index in [1.165, 1.54) is 24.3 Å². The van der Waals surface area contributed by atoms with Gasteiger partial charge in [-0.15, -0.1) is 0 Å². The molecule has 2 aromatic carbocycles. The Morgan fingerprint density at radius 1 is 1.19 bits per heavy atom. The number of H-pyrrole nitrogens is 1. The number of aromatic amines is 1. The topological polar surface area (TPSA) is 92.9 Å². The van der Waals surface area contributed by atoms with Crippen molar-refractivity contribution < 1.29 is 10.2 Å². The van der Waals surface area contributed by atoms with E-state index in [-0.39, 0.29) is 11.5 Å². The minimum atomic E-state index is -0.0983. The molecule has 3 rings (SSSR count). The second-order valence-electron chi connectivity index (χ2n) is 4.52. The van der Waals surface area contributed by atoms with Crippen LogP contribution in [-0.4, -0.2) is 20.2 Å². The van der Waals surface area contributed by atoms with Gasteiger partial charge in [-0.25, -0.2) is 4.98 Å². The van der Waals surface area contributed by atoms with Crippen LogP contribution in [0.25, 0.3) is 22.7 Å². The first-order valence-corrected chi connectivity index (χ1v) is 6.26. The van der Waals surface area contributed by atoms with Gasteiger partial charge in [0.1, 0.15) is 23.4 Å². The van der Waals surface area contributed by atoms with Crippen molar-refractivity contribution >= 4 is 22.7 Å². The van der Waals surface area contributed by atoms with Crippen LogP contribution in [0.5, 0.6) is 11.5 Å². The minimum absolute atomic E-state index is 0.0353. The van der Waals surface area contributed by atoms with Gasteiger partial charge in [-0.05, 0) is 30.3 Å². The number of nitrogens with zero attached hydrogens (tertiary/aromatic N) is 2. The Labute approximate surface area is 120 Å². The predicted octanol–water partition coefficient (Wildman–Crippen LogP) is 3.04. The number of allylic oxidation sites excluding steroid dienone is 1. The number of fused-ring (bicyclic) bond motifs is 1. The van der Waals surface area contributed by atoms with Gasteiger partial charge in [-0.1, -0.05) is 12.1 Å². The lowest BCUT2D eigenvalue weighted by Gasteiger charge is -2.00. The van der Waals surface area contributed by atoms with Crippen molar-refractivity contribution in [1.29, 1.82) is 5.26 Å². The number of imidazole rings is 1. The molecular formula is C16H11N3O2. The van der Waals surface area contributed by atoms with E-state index < -0.39 is 0 Å². The quantitative estimate of drug-likeness (QED) is 0.628. The van der Waals surface area contributed by atoms with E-state index in [2.05, 4.69) is 16.0 Å². The van der Waals surface area contributed by atoms with Crippen molar-refractivity contribution in [1.82, 2.24) is 9.97 Å². The Hall–Kier alpha value is -3.26. The van der Waals surface area contributed by atoms with Crippen molar-refractivity contribution in [3.63, 3.8) is 0 Å². The largest absolute Gasteiger partial charge is 0.508 e. The summed E-state index contributed by atoms with van der Waals surface area (Å²) in [5.41, 5.74) is 2.34. The highest BCUT2D eigenvalue weighted by Crippen LogP contribution is 2.27. The Balaban J connectivity index is 2.09. The molecule has 1 heterocycles. The molecule has 0 aliphatic rings. The summed E-state index contributed by atoms with van der Waals surface area (Å²) in [5.74, 6) is 0.303. The molecule has 0 saturated carbocycles. The van der Waals surface area contributed by atoms with Gasteiger partial charge in [0.2, 0.25) is 0 Å². The summed E-state index contributed by atoms with van der Waals surface area (Å²) in [7, 11) is 0. The Morgan fingerprint density at radius 3 is 2.71 bits per heavy atom. The number of hydrogen-bond donors (Lipinski definition) is 3.